The van der Waals surface area contributed by atoms with Crippen molar-refractivity contribution in [2.24, 2.45) is 5.92 Å². The SMILES string of the molecule is COC(=O)c1ccc(C(=O)OC)c(NC(=O)[C@H]2CCCN(S(=O)(=O)c3ccc(Cl)cc3)C2)c1. The minimum Gasteiger partial charge on any atom is -0.465 e. The van der Waals surface area contributed by atoms with Gasteiger partial charge in [0.25, 0.3) is 0 Å². The van der Waals surface area contributed by atoms with E-state index in [9.17, 15) is 22.8 Å². The van der Waals surface area contributed by atoms with Gasteiger partial charge in [0.1, 0.15) is 0 Å². The van der Waals surface area contributed by atoms with Crippen LogP contribution in [0.15, 0.2) is 47.4 Å². The maximum absolute atomic E-state index is 13.0. The van der Waals surface area contributed by atoms with E-state index in [1.54, 1.807) is 0 Å². The summed E-state index contributed by atoms with van der Waals surface area (Å²) in [6.07, 6.45) is 0.944. The average Bonchev–Trinajstić information content (AvgIpc) is 2.83. The number of sulfonamides is 1. The molecule has 11 heteroatoms. The van der Waals surface area contributed by atoms with E-state index in [2.05, 4.69) is 5.32 Å². The Morgan fingerprint density at radius 2 is 1.70 bits per heavy atom. The summed E-state index contributed by atoms with van der Waals surface area (Å²) in [5.41, 5.74) is 0.267. The summed E-state index contributed by atoms with van der Waals surface area (Å²) in [5.74, 6) is -2.47. The summed E-state index contributed by atoms with van der Waals surface area (Å²) in [7, 11) is -1.39. The Bertz CT molecular complexity index is 1170. The molecule has 0 bridgehead atoms. The third-order valence-electron chi connectivity index (χ3n) is 5.31. The summed E-state index contributed by atoms with van der Waals surface area (Å²) >= 11 is 5.85. The molecule has 3 rings (SSSR count). The predicted octanol–water partition coefficient (Wildman–Crippen LogP) is 2.95. The van der Waals surface area contributed by atoms with Gasteiger partial charge in [0.05, 0.1) is 41.8 Å². The molecule has 0 saturated carbocycles. The lowest BCUT2D eigenvalue weighted by atomic mass is 9.98. The number of hydrogen-bond donors (Lipinski definition) is 1. The molecular formula is C22H23ClN2O7S. The highest BCUT2D eigenvalue weighted by Crippen LogP contribution is 2.27. The fourth-order valence-electron chi connectivity index (χ4n) is 3.55. The molecule has 1 saturated heterocycles. The molecule has 0 radical (unpaired) electrons. The summed E-state index contributed by atoms with van der Waals surface area (Å²) < 4.78 is 36.7. The smallest absolute Gasteiger partial charge is 0.339 e. The Balaban J connectivity index is 1.82. The molecule has 1 aliphatic heterocycles. The van der Waals surface area contributed by atoms with Gasteiger partial charge in [-0.1, -0.05) is 11.6 Å². The normalized spacial score (nSPS) is 16.6. The Morgan fingerprint density at radius 1 is 1.03 bits per heavy atom. The van der Waals surface area contributed by atoms with E-state index in [0.717, 1.165) is 0 Å². The van der Waals surface area contributed by atoms with Crippen LogP contribution in [-0.4, -0.2) is 57.9 Å². The third kappa shape index (κ3) is 5.52. The molecule has 0 aromatic heterocycles. The zero-order valence-corrected chi connectivity index (χ0v) is 19.6. The largest absolute Gasteiger partial charge is 0.465 e. The number of esters is 2. The average molecular weight is 495 g/mol. The molecule has 1 amide bonds. The van der Waals surface area contributed by atoms with Crippen LogP contribution in [0.1, 0.15) is 33.6 Å². The van der Waals surface area contributed by atoms with Crippen LogP contribution in [-0.2, 0) is 24.3 Å². The highest BCUT2D eigenvalue weighted by Gasteiger charge is 2.33. The number of methoxy groups -OCH3 is 2. The van der Waals surface area contributed by atoms with Crippen molar-refractivity contribution in [1.82, 2.24) is 4.31 Å². The van der Waals surface area contributed by atoms with E-state index in [1.807, 2.05) is 0 Å². The van der Waals surface area contributed by atoms with Gasteiger partial charge in [0.2, 0.25) is 15.9 Å². The molecule has 176 valence electrons. The number of piperidine rings is 1. The van der Waals surface area contributed by atoms with Crippen LogP contribution in [0.25, 0.3) is 0 Å². The molecule has 1 aliphatic rings. The summed E-state index contributed by atoms with van der Waals surface area (Å²) in [6, 6.07) is 9.88. The molecule has 2 aromatic carbocycles. The molecule has 33 heavy (non-hydrogen) atoms. The first-order valence-corrected chi connectivity index (χ1v) is 11.9. The number of carbonyl (C=O) groups is 3. The number of hydrogen-bond acceptors (Lipinski definition) is 7. The van der Waals surface area contributed by atoms with Gasteiger partial charge in [-0.05, 0) is 55.3 Å². The van der Waals surface area contributed by atoms with Gasteiger partial charge >= 0.3 is 11.9 Å². The highest BCUT2D eigenvalue weighted by atomic mass is 35.5. The van der Waals surface area contributed by atoms with E-state index in [4.69, 9.17) is 21.1 Å². The first kappa shape index (κ1) is 24.7. The number of ether oxygens (including phenoxy) is 2. The third-order valence-corrected chi connectivity index (χ3v) is 7.44. The van der Waals surface area contributed by atoms with Gasteiger partial charge in [-0.15, -0.1) is 0 Å². The summed E-state index contributed by atoms with van der Waals surface area (Å²) in [5, 5.41) is 3.06. The highest BCUT2D eigenvalue weighted by molar-refractivity contribution is 7.89. The molecule has 0 spiro atoms. The topological polar surface area (TPSA) is 119 Å². The minimum absolute atomic E-state index is 0.0267. The van der Waals surface area contributed by atoms with E-state index in [0.29, 0.717) is 17.9 Å². The van der Waals surface area contributed by atoms with Crippen molar-refractivity contribution >= 4 is 45.2 Å². The number of anilines is 1. The van der Waals surface area contributed by atoms with Crippen LogP contribution >= 0.6 is 11.6 Å². The first-order chi connectivity index (χ1) is 15.7. The Labute approximate surface area is 196 Å². The lowest BCUT2D eigenvalue weighted by Crippen LogP contribution is -2.43. The van der Waals surface area contributed by atoms with Crippen molar-refractivity contribution in [1.29, 1.82) is 0 Å². The number of nitrogens with one attached hydrogen (secondary N) is 1. The number of rotatable bonds is 6. The van der Waals surface area contributed by atoms with E-state index >= 15 is 0 Å². The van der Waals surface area contributed by atoms with Crippen LogP contribution in [0.5, 0.6) is 0 Å². The predicted molar refractivity (Wildman–Crippen MR) is 121 cm³/mol. The molecule has 1 fully saturated rings. The van der Waals surface area contributed by atoms with Crippen LogP contribution < -0.4 is 5.32 Å². The number of benzene rings is 2. The van der Waals surface area contributed by atoms with E-state index < -0.39 is 33.8 Å². The van der Waals surface area contributed by atoms with E-state index in [1.165, 1.54) is 61.0 Å². The zero-order chi connectivity index (χ0) is 24.2. The maximum Gasteiger partial charge on any atom is 0.339 e. The fourth-order valence-corrected chi connectivity index (χ4v) is 5.20. The number of carbonyl (C=O) groups excluding carboxylic acids is 3. The van der Waals surface area contributed by atoms with Crippen LogP contribution in [0, 0.1) is 5.92 Å². The number of amides is 1. The molecule has 2 aromatic rings. The molecule has 1 N–H and O–H groups in total. The molecule has 0 aliphatic carbocycles. The van der Waals surface area contributed by atoms with Gasteiger partial charge in [0, 0.05) is 18.1 Å². The van der Waals surface area contributed by atoms with Gasteiger partial charge in [-0.3, -0.25) is 4.79 Å². The minimum atomic E-state index is -3.81. The molecule has 1 heterocycles. The quantitative estimate of drug-likeness (QED) is 0.613. The van der Waals surface area contributed by atoms with Crippen LogP contribution in [0.4, 0.5) is 5.69 Å². The lowest BCUT2D eigenvalue weighted by molar-refractivity contribution is -0.120. The second kappa shape index (κ2) is 10.3. The first-order valence-electron chi connectivity index (χ1n) is 10.0. The van der Waals surface area contributed by atoms with Crippen LogP contribution in [0.3, 0.4) is 0 Å². The van der Waals surface area contributed by atoms with Crippen molar-refractivity contribution in [3.05, 3.63) is 58.6 Å². The Kier molecular flexibility index (Phi) is 7.72. The van der Waals surface area contributed by atoms with Crippen molar-refractivity contribution in [2.45, 2.75) is 17.7 Å². The maximum atomic E-state index is 13.0. The lowest BCUT2D eigenvalue weighted by Gasteiger charge is -2.31. The fraction of sp³-hybridized carbons (Fsp3) is 0.318. The standard InChI is InChI=1S/C22H23ClN2O7S/c1-31-21(27)14-5-10-18(22(28)32-2)19(12-14)24-20(26)15-4-3-11-25(13-15)33(29,30)17-8-6-16(23)7-9-17/h5-10,12,15H,3-4,11,13H2,1-2H3,(H,24,26)/t15-/m0/s1. The summed E-state index contributed by atoms with van der Waals surface area (Å²) in [4.78, 5) is 37.1. The van der Waals surface area contributed by atoms with Crippen molar-refractivity contribution in [3.8, 4) is 0 Å². The molecule has 1 atom stereocenters. The van der Waals surface area contributed by atoms with Crippen molar-refractivity contribution < 1.29 is 32.3 Å². The zero-order valence-electron chi connectivity index (χ0n) is 18.0. The number of halogens is 1. The Hall–Kier alpha value is -2.95. The van der Waals surface area contributed by atoms with Crippen LogP contribution in [0.2, 0.25) is 5.02 Å². The van der Waals surface area contributed by atoms with Crippen molar-refractivity contribution in [2.75, 3.05) is 32.6 Å². The number of nitrogens with zero attached hydrogens (tertiary/aromatic N) is 1. The molecule has 0 unspecified atom stereocenters. The van der Waals surface area contributed by atoms with Gasteiger partial charge < -0.3 is 14.8 Å². The van der Waals surface area contributed by atoms with Gasteiger partial charge in [-0.25, -0.2) is 18.0 Å². The molecule has 9 nitrogen and oxygen atoms in total. The summed E-state index contributed by atoms with van der Waals surface area (Å²) in [6.45, 7) is 0.251. The van der Waals surface area contributed by atoms with E-state index in [-0.39, 0.29) is 34.8 Å². The second-order valence-electron chi connectivity index (χ2n) is 7.39. The van der Waals surface area contributed by atoms with Gasteiger partial charge in [0.15, 0.2) is 0 Å². The van der Waals surface area contributed by atoms with Gasteiger partial charge in [-0.2, -0.15) is 4.31 Å². The van der Waals surface area contributed by atoms with Crippen molar-refractivity contribution in [3.63, 3.8) is 0 Å². The monoisotopic (exact) mass is 494 g/mol. The second-order valence-corrected chi connectivity index (χ2v) is 9.76. The Morgan fingerprint density at radius 3 is 2.33 bits per heavy atom. The molecular weight excluding hydrogens is 472 g/mol.